The van der Waals surface area contributed by atoms with E-state index < -0.39 is 42.2 Å². The average Bonchev–Trinajstić information content (AvgIpc) is 2.72. The lowest BCUT2D eigenvalue weighted by atomic mass is 9.81. The summed E-state index contributed by atoms with van der Waals surface area (Å²) in [6.45, 7) is -1.34. The van der Waals surface area contributed by atoms with Crippen LogP contribution >= 0.6 is 0 Å². The van der Waals surface area contributed by atoms with E-state index in [0.29, 0.717) is 13.1 Å². The molecule has 5 nitrogen and oxygen atoms in total. The van der Waals surface area contributed by atoms with Crippen LogP contribution in [0.5, 0.6) is 0 Å². The lowest BCUT2D eigenvalue weighted by Crippen LogP contribution is -2.58. The van der Waals surface area contributed by atoms with Gasteiger partial charge in [-0.3, -0.25) is 4.79 Å². The molecule has 1 aromatic carbocycles. The second kappa shape index (κ2) is 11.2. The Balaban J connectivity index is 0.000000785. The molecular formula is C20H25F6N3O2. The lowest BCUT2D eigenvalue weighted by Gasteiger charge is -2.37. The van der Waals surface area contributed by atoms with E-state index >= 15 is 0 Å². The van der Waals surface area contributed by atoms with Crippen LogP contribution in [0.4, 0.5) is 31.1 Å². The molecule has 1 heterocycles. The first-order valence-electron chi connectivity index (χ1n) is 10.0. The third-order valence-corrected chi connectivity index (χ3v) is 5.53. The molecule has 2 aliphatic rings. The number of hydrogen-bond acceptors (Lipinski definition) is 2. The van der Waals surface area contributed by atoms with E-state index in [1.54, 1.807) is 6.92 Å². The number of nitrogens with one attached hydrogen (secondary N) is 2. The zero-order chi connectivity index (χ0) is 23.1. The van der Waals surface area contributed by atoms with Crippen molar-refractivity contribution in [2.75, 3.05) is 13.1 Å². The smallest absolute Gasteiger partial charge is 0.353 e. The number of hydrogen-bond donors (Lipinski definition) is 2. The number of carbonyl (C=O) groups excluding carboxylic acids is 2. The fourth-order valence-corrected chi connectivity index (χ4v) is 3.97. The van der Waals surface area contributed by atoms with Crippen molar-refractivity contribution in [3.05, 3.63) is 35.1 Å². The molecule has 3 amide bonds. The summed E-state index contributed by atoms with van der Waals surface area (Å²) >= 11 is 0. The topological polar surface area (TPSA) is 61.4 Å². The highest BCUT2D eigenvalue weighted by molar-refractivity contribution is 5.88. The molecule has 0 bridgehead atoms. The quantitative estimate of drug-likeness (QED) is 0.525. The van der Waals surface area contributed by atoms with Crippen molar-refractivity contribution in [2.24, 2.45) is 5.92 Å². The Morgan fingerprint density at radius 3 is 2.19 bits per heavy atom. The third-order valence-electron chi connectivity index (χ3n) is 5.53. The number of halogens is 6. The molecular weight excluding hydrogens is 428 g/mol. The predicted molar refractivity (Wildman–Crippen MR) is 100 cm³/mol. The molecule has 1 saturated heterocycles. The molecule has 1 aliphatic heterocycles. The highest BCUT2D eigenvalue weighted by Gasteiger charge is 2.33. The zero-order valence-electron chi connectivity index (χ0n) is 16.9. The van der Waals surface area contributed by atoms with E-state index in [4.69, 9.17) is 0 Å². The number of piperazine rings is 1. The van der Waals surface area contributed by atoms with Crippen molar-refractivity contribution in [3.8, 4) is 0 Å². The summed E-state index contributed by atoms with van der Waals surface area (Å²) in [5.41, 5.74) is 0.209. The second-order valence-corrected chi connectivity index (χ2v) is 7.53. The van der Waals surface area contributed by atoms with Gasteiger partial charge in [-0.25, -0.2) is 18.0 Å². The predicted octanol–water partition coefficient (Wildman–Crippen LogP) is 4.43. The van der Waals surface area contributed by atoms with E-state index in [1.165, 1.54) is 4.90 Å². The molecule has 0 spiro atoms. The van der Waals surface area contributed by atoms with Crippen molar-refractivity contribution in [2.45, 2.75) is 57.8 Å². The first-order valence-corrected chi connectivity index (χ1v) is 10.0. The monoisotopic (exact) mass is 453 g/mol. The molecule has 174 valence electrons. The van der Waals surface area contributed by atoms with Crippen molar-refractivity contribution in [3.63, 3.8) is 0 Å². The van der Waals surface area contributed by atoms with Crippen LogP contribution in [-0.2, 0) is 4.79 Å². The van der Waals surface area contributed by atoms with Gasteiger partial charge in [-0.05, 0) is 43.4 Å². The van der Waals surface area contributed by atoms with Crippen LogP contribution in [0.25, 0.3) is 0 Å². The van der Waals surface area contributed by atoms with Gasteiger partial charge < -0.3 is 15.5 Å². The van der Waals surface area contributed by atoms with Gasteiger partial charge in [0.25, 0.3) is 0 Å². The summed E-state index contributed by atoms with van der Waals surface area (Å²) in [7, 11) is 0. The summed E-state index contributed by atoms with van der Waals surface area (Å²) in [5, 5.41) is 5.53. The fraction of sp³-hybridized carbons (Fsp3) is 0.600. The molecule has 0 radical (unpaired) electrons. The number of benzene rings is 1. The molecule has 0 aromatic heterocycles. The van der Waals surface area contributed by atoms with Crippen LogP contribution in [0.15, 0.2) is 12.1 Å². The molecule has 31 heavy (non-hydrogen) atoms. The van der Waals surface area contributed by atoms with Crippen molar-refractivity contribution < 1.29 is 35.9 Å². The first kappa shape index (κ1) is 24.8. The molecule has 1 aromatic rings. The fourth-order valence-electron chi connectivity index (χ4n) is 3.97. The maximum atomic E-state index is 13.8. The number of carbonyl (C=O) groups is 2. The molecule has 3 rings (SSSR count). The van der Waals surface area contributed by atoms with Gasteiger partial charge in [-0.2, -0.15) is 13.2 Å². The SMILES string of the molecule is CC1C(=O)NCCN1C(=O)NC(c1cc(F)c(F)c(F)c1)C1CCCCC1.FC(F)F. The van der Waals surface area contributed by atoms with Crippen LogP contribution in [0.3, 0.4) is 0 Å². The Labute approximate surface area is 176 Å². The van der Waals surface area contributed by atoms with Gasteiger partial charge in [0.2, 0.25) is 5.91 Å². The summed E-state index contributed by atoms with van der Waals surface area (Å²) in [6, 6.07) is 0.166. The van der Waals surface area contributed by atoms with Crippen LogP contribution in [0.1, 0.15) is 50.6 Å². The normalized spacial score (nSPS) is 20.6. The molecule has 1 saturated carbocycles. The van der Waals surface area contributed by atoms with E-state index in [1.807, 2.05) is 0 Å². The van der Waals surface area contributed by atoms with Crippen molar-refractivity contribution >= 4 is 11.9 Å². The number of alkyl halides is 3. The summed E-state index contributed by atoms with van der Waals surface area (Å²) in [4.78, 5) is 26.0. The Hall–Kier alpha value is -2.46. The maximum Gasteiger partial charge on any atom is 0.379 e. The van der Waals surface area contributed by atoms with E-state index in [2.05, 4.69) is 10.6 Å². The van der Waals surface area contributed by atoms with Gasteiger partial charge in [0.05, 0.1) is 6.04 Å². The summed E-state index contributed by atoms with van der Waals surface area (Å²) in [6.07, 6.45) is 4.62. The highest BCUT2D eigenvalue weighted by Crippen LogP contribution is 2.35. The number of amides is 3. The highest BCUT2D eigenvalue weighted by atomic mass is 19.4. The van der Waals surface area contributed by atoms with Crippen LogP contribution < -0.4 is 10.6 Å². The van der Waals surface area contributed by atoms with Crippen molar-refractivity contribution in [1.82, 2.24) is 15.5 Å². The molecule has 11 heteroatoms. The molecule has 1 aliphatic carbocycles. The van der Waals surface area contributed by atoms with Crippen LogP contribution in [0.2, 0.25) is 0 Å². The van der Waals surface area contributed by atoms with E-state index in [0.717, 1.165) is 44.2 Å². The third kappa shape index (κ3) is 6.76. The van der Waals surface area contributed by atoms with E-state index in [9.17, 15) is 35.9 Å². The van der Waals surface area contributed by atoms with Gasteiger partial charge in [0, 0.05) is 13.1 Å². The molecule has 2 unspecified atom stereocenters. The maximum absolute atomic E-state index is 13.8. The van der Waals surface area contributed by atoms with Gasteiger partial charge >= 0.3 is 12.7 Å². The Morgan fingerprint density at radius 1 is 1.10 bits per heavy atom. The zero-order valence-corrected chi connectivity index (χ0v) is 16.9. The molecule has 2 atom stereocenters. The van der Waals surface area contributed by atoms with Crippen LogP contribution in [-0.4, -0.2) is 42.6 Å². The largest absolute Gasteiger partial charge is 0.379 e. The minimum absolute atomic E-state index is 0.000819. The summed E-state index contributed by atoms with van der Waals surface area (Å²) in [5.74, 6) is -4.31. The first-order chi connectivity index (χ1) is 14.6. The van der Waals surface area contributed by atoms with Gasteiger partial charge in [0.15, 0.2) is 17.5 Å². The number of rotatable bonds is 3. The number of urea groups is 1. The van der Waals surface area contributed by atoms with Gasteiger partial charge in [0.1, 0.15) is 6.04 Å². The standard InChI is InChI=1S/C19H24F3N3O2.CHF3/c1-11-18(26)23-7-8-25(11)19(27)24-17(12-5-3-2-4-6-12)13-9-14(20)16(22)15(21)10-13;2-1(3)4/h9-12,17H,2-8H2,1H3,(H,23,26)(H,24,27);1H. The van der Waals surface area contributed by atoms with Crippen molar-refractivity contribution in [1.29, 1.82) is 0 Å². The van der Waals surface area contributed by atoms with Gasteiger partial charge in [-0.15, -0.1) is 0 Å². The summed E-state index contributed by atoms with van der Waals surface area (Å²) < 4.78 is 69.9. The second-order valence-electron chi connectivity index (χ2n) is 7.53. The lowest BCUT2D eigenvalue weighted by molar-refractivity contribution is -0.126. The molecule has 2 N–H and O–H groups in total. The minimum Gasteiger partial charge on any atom is -0.353 e. The molecule has 2 fully saturated rings. The van der Waals surface area contributed by atoms with Gasteiger partial charge in [-0.1, -0.05) is 19.3 Å². The number of nitrogens with zero attached hydrogens (tertiary/aromatic N) is 1. The van der Waals surface area contributed by atoms with E-state index in [-0.39, 0.29) is 17.4 Å². The van der Waals surface area contributed by atoms with Crippen LogP contribution in [0, 0.1) is 23.4 Å². The minimum atomic E-state index is -3.67. The Morgan fingerprint density at radius 2 is 1.65 bits per heavy atom. The Bertz CT molecular complexity index is 748. The Kier molecular flexibility index (Phi) is 9.00. The average molecular weight is 453 g/mol.